The van der Waals surface area contributed by atoms with E-state index in [1.807, 2.05) is 13.0 Å². The van der Waals surface area contributed by atoms with Gasteiger partial charge in [0, 0.05) is 16.6 Å². The van der Waals surface area contributed by atoms with Crippen LogP contribution >= 0.6 is 15.9 Å². The summed E-state index contributed by atoms with van der Waals surface area (Å²) in [4.78, 5) is 15.1. The lowest BCUT2D eigenvalue weighted by molar-refractivity contribution is 0.851. The second kappa shape index (κ2) is 4.10. The molecule has 0 saturated carbocycles. The summed E-state index contributed by atoms with van der Waals surface area (Å²) in [5.41, 5.74) is 2.17. The molecule has 82 valence electrons. The second-order valence-corrected chi connectivity index (χ2v) is 3.87. The molecule has 5 nitrogen and oxygen atoms in total. The van der Waals surface area contributed by atoms with Gasteiger partial charge in [0.25, 0.3) is 5.56 Å². The maximum absolute atomic E-state index is 12.0. The third-order valence-electron chi connectivity index (χ3n) is 2.46. The van der Waals surface area contributed by atoms with Crippen LogP contribution in [0.4, 0.5) is 0 Å². The highest BCUT2D eigenvalue weighted by atomic mass is 79.9. The molecule has 0 spiro atoms. The first-order valence-electron chi connectivity index (χ1n) is 4.80. The van der Waals surface area contributed by atoms with Crippen molar-refractivity contribution in [2.24, 2.45) is 0 Å². The van der Waals surface area contributed by atoms with Crippen molar-refractivity contribution in [3.63, 3.8) is 0 Å². The average molecular weight is 281 g/mol. The van der Waals surface area contributed by atoms with Gasteiger partial charge in [-0.1, -0.05) is 22.9 Å². The molecule has 2 heterocycles. The number of hydrogen-bond donors (Lipinski definition) is 1. The molecule has 6 heteroatoms. The lowest BCUT2D eigenvalue weighted by Gasteiger charge is -2.05. The van der Waals surface area contributed by atoms with Gasteiger partial charge in [0.05, 0.1) is 6.20 Å². The molecule has 0 aliphatic heterocycles. The predicted molar refractivity (Wildman–Crippen MR) is 62.5 cm³/mol. The van der Waals surface area contributed by atoms with E-state index in [2.05, 4.69) is 26.0 Å². The molecular formula is C10H9BrN4O. The highest BCUT2D eigenvalue weighted by Crippen LogP contribution is 2.11. The van der Waals surface area contributed by atoms with Crippen LogP contribution in [0.15, 0.2) is 11.0 Å². The van der Waals surface area contributed by atoms with E-state index >= 15 is 0 Å². The predicted octanol–water partition coefficient (Wildman–Crippen LogP) is 1.35. The molecule has 0 amide bonds. The van der Waals surface area contributed by atoms with Crippen LogP contribution < -0.4 is 5.56 Å². The van der Waals surface area contributed by atoms with Crippen molar-refractivity contribution in [2.45, 2.75) is 18.7 Å². The average Bonchev–Trinajstić information content (AvgIpc) is 2.71. The lowest BCUT2D eigenvalue weighted by Crippen LogP contribution is -2.22. The number of aromatic nitrogens is 3. The Morgan fingerprint density at radius 1 is 1.69 bits per heavy atom. The number of H-pyrrole nitrogens is 1. The highest BCUT2D eigenvalue weighted by molar-refractivity contribution is 9.08. The number of aromatic amines is 1. The van der Waals surface area contributed by atoms with Gasteiger partial charge < -0.3 is 4.98 Å². The van der Waals surface area contributed by atoms with E-state index in [0.29, 0.717) is 28.5 Å². The highest BCUT2D eigenvalue weighted by Gasteiger charge is 2.13. The van der Waals surface area contributed by atoms with Crippen LogP contribution in [0.2, 0.25) is 0 Å². The molecule has 0 radical (unpaired) electrons. The Morgan fingerprint density at radius 2 is 2.44 bits per heavy atom. The summed E-state index contributed by atoms with van der Waals surface area (Å²) in [5, 5.41) is 13.3. The molecule has 2 rings (SSSR count). The zero-order chi connectivity index (χ0) is 11.7. The molecule has 0 fully saturated rings. The van der Waals surface area contributed by atoms with Crippen LogP contribution in [0.25, 0.3) is 5.65 Å². The molecule has 0 aromatic carbocycles. The molecule has 0 aliphatic rings. The summed E-state index contributed by atoms with van der Waals surface area (Å²) in [6.07, 6.45) is 2.03. The number of halogens is 1. The normalized spacial score (nSPS) is 10.6. The first kappa shape index (κ1) is 10.9. The van der Waals surface area contributed by atoms with Crippen LogP contribution in [-0.4, -0.2) is 14.6 Å². The SMILES string of the molecule is CCc1c(CBr)[nH]c2c(C#N)cnn2c1=O. The number of rotatable bonds is 2. The Morgan fingerprint density at radius 3 is 3.00 bits per heavy atom. The number of nitrogens with zero attached hydrogens (tertiary/aromatic N) is 3. The third kappa shape index (κ3) is 1.44. The molecular weight excluding hydrogens is 272 g/mol. The smallest absolute Gasteiger partial charge is 0.277 e. The van der Waals surface area contributed by atoms with Crippen molar-refractivity contribution in [2.75, 3.05) is 0 Å². The van der Waals surface area contributed by atoms with Gasteiger partial charge in [0.2, 0.25) is 0 Å². The van der Waals surface area contributed by atoms with Crippen LogP contribution in [0.3, 0.4) is 0 Å². The van der Waals surface area contributed by atoms with Crippen molar-refractivity contribution in [3.8, 4) is 6.07 Å². The van der Waals surface area contributed by atoms with Crippen molar-refractivity contribution in [1.82, 2.24) is 14.6 Å². The first-order chi connectivity index (χ1) is 7.72. The number of nitriles is 1. The van der Waals surface area contributed by atoms with E-state index < -0.39 is 0 Å². The molecule has 0 saturated heterocycles. The van der Waals surface area contributed by atoms with E-state index in [-0.39, 0.29) is 5.56 Å². The van der Waals surface area contributed by atoms with Gasteiger partial charge in [-0.2, -0.15) is 14.9 Å². The van der Waals surface area contributed by atoms with E-state index in [1.54, 1.807) is 0 Å². The second-order valence-electron chi connectivity index (χ2n) is 3.30. The molecule has 0 unspecified atom stereocenters. The number of hydrogen-bond acceptors (Lipinski definition) is 3. The van der Waals surface area contributed by atoms with Crippen LogP contribution in [0, 0.1) is 11.3 Å². The van der Waals surface area contributed by atoms with Crippen LogP contribution in [0.5, 0.6) is 0 Å². The van der Waals surface area contributed by atoms with E-state index in [4.69, 9.17) is 5.26 Å². The zero-order valence-electron chi connectivity index (χ0n) is 8.62. The van der Waals surface area contributed by atoms with Gasteiger partial charge in [-0.15, -0.1) is 0 Å². The third-order valence-corrected chi connectivity index (χ3v) is 3.02. The van der Waals surface area contributed by atoms with Gasteiger partial charge >= 0.3 is 0 Å². The largest absolute Gasteiger partial charge is 0.341 e. The van der Waals surface area contributed by atoms with Gasteiger partial charge in [0.1, 0.15) is 11.6 Å². The molecule has 2 aromatic rings. The standard InChI is InChI=1S/C10H9BrN4O/c1-2-7-8(3-11)14-9-6(4-12)5-13-15(9)10(7)16/h5,14H,2-3H2,1H3. The molecule has 0 bridgehead atoms. The Kier molecular flexibility index (Phi) is 2.79. The van der Waals surface area contributed by atoms with Crippen LogP contribution in [0.1, 0.15) is 23.7 Å². The van der Waals surface area contributed by atoms with Gasteiger partial charge in [-0.25, -0.2) is 0 Å². The minimum absolute atomic E-state index is 0.160. The fourth-order valence-corrected chi connectivity index (χ4v) is 2.14. The Labute approximate surface area is 99.8 Å². The minimum atomic E-state index is -0.160. The summed E-state index contributed by atoms with van der Waals surface area (Å²) < 4.78 is 1.24. The number of fused-ring (bicyclic) bond motifs is 1. The molecule has 0 aliphatic carbocycles. The summed E-state index contributed by atoms with van der Waals surface area (Å²) in [6, 6.07) is 2.00. The molecule has 2 aromatic heterocycles. The molecule has 0 atom stereocenters. The summed E-state index contributed by atoms with van der Waals surface area (Å²) in [6.45, 7) is 1.91. The van der Waals surface area contributed by atoms with Crippen molar-refractivity contribution < 1.29 is 0 Å². The van der Waals surface area contributed by atoms with E-state index in [1.165, 1.54) is 10.7 Å². The fourth-order valence-electron chi connectivity index (χ4n) is 1.66. The lowest BCUT2D eigenvalue weighted by atomic mass is 10.2. The molecule has 1 N–H and O–H groups in total. The fraction of sp³-hybridized carbons (Fsp3) is 0.300. The maximum Gasteiger partial charge on any atom is 0.277 e. The van der Waals surface area contributed by atoms with Crippen molar-refractivity contribution >= 4 is 21.6 Å². The Hall–Kier alpha value is -1.61. The van der Waals surface area contributed by atoms with E-state index in [9.17, 15) is 4.79 Å². The number of nitrogens with one attached hydrogen (secondary N) is 1. The first-order valence-corrected chi connectivity index (χ1v) is 5.92. The Balaban J connectivity index is 2.91. The molecule has 16 heavy (non-hydrogen) atoms. The summed E-state index contributed by atoms with van der Waals surface area (Å²) in [5.74, 6) is 0. The monoisotopic (exact) mass is 280 g/mol. The summed E-state index contributed by atoms with van der Waals surface area (Å²) >= 11 is 3.32. The van der Waals surface area contributed by atoms with Gasteiger partial charge in [-0.05, 0) is 6.42 Å². The van der Waals surface area contributed by atoms with Crippen molar-refractivity contribution in [3.05, 3.63) is 33.4 Å². The van der Waals surface area contributed by atoms with Crippen molar-refractivity contribution in [1.29, 1.82) is 5.26 Å². The van der Waals surface area contributed by atoms with Gasteiger partial charge in [-0.3, -0.25) is 4.79 Å². The van der Waals surface area contributed by atoms with Gasteiger partial charge in [0.15, 0.2) is 5.65 Å². The maximum atomic E-state index is 12.0. The number of alkyl halides is 1. The topological polar surface area (TPSA) is 73.9 Å². The van der Waals surface area contributed by atoms with E-state index in [0.717, 1.165) is 5.69 Å². The quantitative estimate of drug-likeness (QED) is 0.844. The minimum Gasteiger partial charge on any atom is -0.341 e. The van der Waals surface area contributed by atoms with Crippen LogP contribution in [-0.2, 0) is 11.8 Å². The zero-order valence-corrected chi connectivity index (χ0v) is 10.2. The Bertz CT molecular complexity index is 635. The summed E-state index contributed by atoms with van der Waals surface area (Å²) in [7, 11) is 0.